The predicted molar refractivity (Wildman–Crippen MR) is 84.7 cm³/mol. The summed E-state index contributed by atoms with van der Waals surface area (Å²) in [5.74, 6) is 0.590. The second-order valence-electron chi connectivity index (χ2n) is 4.78. The van der Waals surface area contributed by atoms with E-state index in [0.29, 0.717) is 19.0 Å². The van der Waals surface area contributed by atoms with Gasteiger partial charge in [0.2, 0.25) is 0 Å². The van der Waals surface area contributed by atoms with E-state index in [9.17, 15) is 4.79 Å². The van der Waals surface area contributed by atoms with Gasteiger partial charge in [0.25, 0.3) is 0 Å². The molecule has 2 atom stereocenters. The molecule has 0 radical (unpaired) electrons. The average Bonchev–Trinajstić information content (AvgIpc) is 3.14. The third-order valence-corrected chi connectivity index (χ3v) is 5.15. The summed E-state index contributed by atoms with van der Waals surface area (Å²) in [5, 5.41) is 10.9. The molecule has 0 aromatic carbocycles. The lowest BCUT2D eigenvalue weighted by molar-refractivity contribution is 0.240. The minimum Gasteiger partial charge on any atom is -0.338 e. The average molecular weight is 309 g/mol. The molecule has 2 amide bonds. The van der Waals surface area contributed by atoms with Crippen LogP contribution in [0.25, 0.3) is 0 Å². The van der Waals surface area contributed by atoms with Gasteiger partial charge in [0, 0.05) is 41.4 Å². The summed E-state index contributed by atoms with van der Waals surface area (Å²) in [4.78, 5) is 17.3. The van der Waals surface area contributed by atoms with Gasteiger partial charge in [-0.1, -0.05) is 19.9 Å². The highest BCUT2D eigenvalue weighted by Gasteiger charge is 2.11. The molecule has 0 bridgehead atoms. The number of thiazole rings is 1. The van der Waals surface area contributed by atoms with Crippen LogP contribution in [-0.4, -0.2) is 24.1 Å². The van der Waals surface area contributed by atoms with Crippen LogP contribution in [0.2, 0.25) is 0 Å². The van der Waals surface area contributed by atoms with Crippen LogP contribution in [0.4, 0.5) is 4.79 Å². The van der Waals surface area contributed by atoms with Crippen molar-refractivity contribution in [1.82, 2.24) is 15.6 Å². The van der Waals surface area contributed by atoms with Crippen molar-refractivity contribution in [3.63, 3.8) is 0 Å². The monoisotopic (exact) mass is 309 g/mol. The molecule has 2 heterocycles. The summed E-state index contributed by atoms with van der Waals surface area (Å²) in [7, 11) is 0. The molecular formula is C14H19N3OS2. The number of hydrogen-bond acceptors (Lipinski definition) is 4. The van der Waals surface area contributed by atoms with Crippen LogP contribution in [0, 0.1) is 0 Å². The first-order valence-electron chi connectivity index (χ1n) is 6.61. The summed E-state index contributed by atoms with van der Waals surface area (Å²) >= 11 is 3.34. The highest BCUT2D eigenvalue weighted by Crippen LogP contribution is 2.19. The van der Waals surface area contributed by atoms with Gasteiger partial charge in [0.05, 0.1) is 5.01 Å². The second kappa shape index (κ2) is 7.40. The van der Waals surface area contributed by atoms with E-state index >= 15 is 0 Å². The Morgan fingerprint density at radius 3 is 2.55 bits per heavy atom. The van der Waals surface area contributed by atoms with Crippen molar-refractivity contribution in [3.8, 4) is 0 Å². The molecule has 0 aliphatic carbocycles. The Balaban J connectivity index is 1.68. The van der Waals surface area contributed by atoms with Crippen molar-refractivity contribution in [3.05, 3.63) is 39.0 Å². The molecule has 2 aromatic heterocycles. The number of aromatic nitrogens is 1. The van der Waals surface area contributed by atoms with E-state index in [-0.39, 0.29) is 11.9 Å². The molecular weight excluding hydrogens is 290 g/mol. The van der Waals surface area contributed by atoms with Gasteiger partial charge >= 0.3 is 6.03 Å². The molecule has 0 saturated carbocycles. The van der Waals surface area contributed by atoms with E-state index in [1.54, 1.807) is 28.9 Å². The van der Waals surface area contributed by atoms with E-state index in [4.69, 9.17) is 0 Å². The van der Waals surface area contributed by atoms with E-state index in [1.165, 1.54) is 4.88 Å². The maximum atomic E-state index is 11.8. The van der Waals surface area contributed by atoms with Gasteiger partial charge in [-0.15, -0.1) is 22.7 Å². The third kappa shape index (κ3) is 4.31. The lowest BCUT2D eigenvalue weighted by Gasteiger charge is -2.13. The van der Waals surface area contributed by atoms with Gasteiger partial charge in [-0.25, -0.2) is 9.78 Å². The molecule has 2 rings (SSSR count). The van der Waals surface area contributed by atoms with E-state index < -0.39 is 0 Å². The minimum absolute atomic E-state index is 0.114. The van der Waals surface area contributed by atoms with Gasteiger partial charge in [0.1, 0.15) is 0 Å². The number of thiophene rings is 1. The summed E-state index contributed by atoms with van der Waals surface area (Å²) in [5.41, 5.74) is 0. The van der Waals surface area contributed by atoms with E-state index in [1.807, 2.05) is 11.4 Å². The first-order chi connectivity index (χ1) is 9.66. The van der Waals surface area contributed by atoms with Gasteiger partial charge < -0.3 is 10.6 Å². The largest absolute Gasteiger partial charge is 0.338 e. The molecule has 0 spiro atoms. The minimum atomic E-state index is -0.114. The quantitative estimate of drug-likeness (QED) is 0.859. The number of carbonyl (C=O) groups is 1. The molecule has 0 unspecified atom stereocenters. The number of carbonyl (C=O) groups excluding carboxylic acids is 1. The second-order valence-corrected chi connectivity index (χ2v) is 6.68. The number of rotatable bonds is 6. The van der Waals surface area contributed by atoms with Crippen molar-refractivity contribution >= 4 is 28.7 Å². The SMILES string of the molecule is C[C@H](CNC(=O)NC[C@H](C)c1cccs1)c1nccs1. The maximum absolute atomic E-state index is 11.8. The first kappa shape index (κ1) is 15.0. The third-order valence-electron chi connectivity index (χ3n) is 3.04. The van der Waals surface area contributed by atoms with Gasteiger partial charge in [-0.2, -0.15) is 0 Å². The van der Waals surface area contributed by atoms with Gasteiger partial charge in [-0.3, -0.25) is 0 Å². The number of nitrogens with one attached hydrogen (secondary N) is 2. The van der Waals surface area contributed by atoms with Crippen molar-refractivity contribution < 1.29 is 4.79 Å². The van der Waals surface area contributed by atoms with Crippen molar-refractivity contribution in [2.75, 3.05) is 13.1 Å². The fourth-order valence-electron chi connectivity index (χ4n) is 1.79. The molecule has 2 N–H and O–H groups in total. The van der Waals surface area contributed by atoms with Crippen LogP contribution < -0.4 is 10.6 Å². The zero-order valence-electron chi connectivity index (χ0n) is 11.6. The molecule has 0 aliphatic rings. The molecule has 20 heavy (non-hydrogen) atoms. The number of urea groups is 1. The number of hydrogen-bond donors (Lipinski definition) is 2. The number of nitrogens with zero attached hydrogens (tertiary/aromatic N) is 1. The zero-order valence-corrected chi connectivity index (χ0v) is 13.3. The van der Waals surface area contributed by atoms with Crippen LogP contribution >= 0.6 is 22.7 Å². The lowest BCUT2D eigenvalue weighted by atomic mass is 10.1. The first-order valence-corrected chi connectivity index (χ1v) is 8.37. The Labute approximate surface area is 127 Å². The molecule has 6 heteroatoms. The highest BCUT2D eigenvalue weighted by atomic mass is 32.1. The van der Waals surface area contributed by atoms with Crippen LogP contribution in [0.3, 0.4) is 0 Å². The van der Waals surface area contributed by atoms with Crippen molar-refractivity contribution in [1.29, 1.82) is 0 Å². The standard InChI is InChI=1S/C14H19N3OS2/c1-10(12-4-3-6-19-12)8-16-14(18)17-9-11(2)13-15-5-7-20-13/h3-7,10-11H,8-9H2,1-2H3,(H2,16,17,18)/t10-,11+/m0/s1. The molecule has 0 aliphatic heterocycles. The molecule has 108 valence electrons. The highest BCUT2D eigenvalue weighted by molar-refractivity contribution is 7.10. The number of amides is 2. The Morgan fingerprint density at radius 1 is 1.20 bits per heavy atom. The van der Waals surface area contributed by atoms with Crippen LogP contribution in [0.5, 0.6) is 0 Å². The summed E-state index contributed by atoms with van der Waals surface area (Å²) in [6.45, 7) is 5.43. The summed E-state index contributed by atoms with van der Waals surface area (Å²) in [6, 6.07) is 4.02. The Bertz CT molecular complexity index is 464. The van der Waals surface area contributed by atoms with Crippen LogP contribution in [0.15, 0.2) is 29.1 Å². The molecule has 0 saturated heterocycles. The summed E-state index contributed by atoms with van der Waals surface area (Å²) < 4.78 is 0. The van der Waals surface area contributed by atoms with E-state index in [2.05, 4.69) is 40.9 Å². The smallest absolute Gasteiger partial charge is 0.314 e. The van der Waals surface area contributed by atoms with Gasteiger partial charge in [-0.05, 0) is 11.4 Å². The van der Waals surface area contributed by atoms with Crippen molar-refractivity contribution in [2.45, 2.75) is 25.7 Å². The normalized spacial score (nSPS) is 13.7. The van der Waals surface area contributed by atoms with Crippen molar-refractivity contribution in [2.24, 2.45) is 0 Å². The predicted octanol–water partition coefficient (Wildman–Crippen LogP) is 3.41. The Hall–Kier alpha value is -1.40. The summed E-state index contributed by atoms with van der Waals surface area (Å²) in [6.07, 6.45) is 1.79. The topological polar surface area (TPSA) is 54.0 Å². The zero-order chi connectivity index (χ0) is 14.4. The fraction of sp³-hybridized carbons (Fsp3) is 0.429. The Morgan fingerprint density at radius 2 is 1.95 bits per heavy atom. The van der Waals surface area contributed by atoms with E-state index in [0.717, 1.165) is 5.01 Å². The molecule has 0 fully saturated rings. The van der Waals surface area contributed by atoms with Gasteiger partial charge in [0.15, 0.2) is 0 Å². The maximum Gasteiger partial charge on any atom is 0.314 e. The van der Waals surface area contributed by atoms with Crippen LogP contribution in [-0.2, 0) is 0 Å². The Kier molecular flexibility index (Phi) is 5.55. The molecule has 4 nitrogen and oxygen atoms in total. The van der Waals surface area contributed by atoms with Crippen LogP contribution in [0.1, 0.15) is 35.6 Å². The fourth-order valence-corrected chi connectivity index (χ4v) is 3.28. The molecule has 2 aromatic rings. The lowest BCUT2D eigenvalue weighted by Crippen LogP contribution is -2.38.